The maximum absolute atomic E-state index is 6.16. The zero-order valence-electron chi connectivity index (χ0n) is 14.3. The normalized spacial score (nSPS) is 11.8. The van der Waals surface area contributed by atoms with Crippen LogP contribution in [0.1, 0.15) is 60.2 Å². The molecule has 0 saturated heterocycles. The first kappa shape index (κ1) is 17.5. The van der Waals surface area contributed by atoms with E-state index in [0.717, 1.165) is 25.1 Å². The highest BCUT2D eigenvalue weighted by atomic mass is 16.5. The highest BCUT2D eigenvalue weighted by Crippen LogP contribution is 2.29. The van der Waals surface area contributed by atoms with Crippen molar-refractivity contribution in [1.29, 1.82) is 0 Å². The predicted octanol–water partition coefficient (Wildman–Crippen LogP) is 3.65. The van der Waals surface area contributed by atoms with Crippen LogP contribution in [0.15, 0.2) is 0 Å². The number of unbranched alkanes of at least 4 members (excludes halogenated alkanes) is 1. The molecule has 0 atom stereocenters. The van der Waals surface area contributed by atoms with Crippen molar-refractivity contribution in [2.45, 2.75) is 66.3 Å². The lowest BCUT2D eigenvalue weighted by Gasteiger charge is -2.23. The summed E-state index contributed by atoms with van der Waals surface area (Å²) in [6, 6.07) is 0. The molecule has 0 bridgehead atoms. The molecule has 5 nitrogen and oxygen atoms in total. The summed E-state index contributed by atoms with van der Waals surface area (Å²) in [6.45, 7) is 13.3. The van der Waals surface area contributed by atoms with Crippen LogP contribution in [0.4, 0.5) is 11.5 Å². The number of hydrogen-bond acceptors (Lipinski definition) is 5. The van der Waals surface area contributed by atoms with Crippen molar-refractivity contribution in [3.8, 4) is 5.88 Å². The van der Waals surface area contributed by atoms with Gasteiger partial charge in [-0.1, -0.05) is 27.2 Å². The molecular weight excluding hydrogens is 264 g/mol. The first-order chi connectivity index (χ1) is 9.73. The molecule has 0 radical (unpaired) electrons. The SMILES string of the molecule is CCCCOc1nc(CC(C)C)nc(NC(C)(C)C)c1N. The Morgan fingerprint density at radius 1 is 1.24 bits per heavy atom. The number of rotatable bonds is 7. The van der Waals surface area contributed by atoms with Crippen molar-refractivity contribution in [3.05, 3.63) is 5.82 Å². The minimum atomic E-state index is -0.113. The zero-order valence-corrected chi connectivity index (χ0v) is 14.3. The number of aromatic nitrogens is 2. The summed E-state index contributed by atoms with van der Waals surface area (Å²) < 4.78 is 5.74. The van der Waals surface area contributed by atoms with Crippen LogP contribution in [-0.4, -0.2) is 22.1 Å². The van der Waals surface area contributed by atoms with Crippen LogP contribution in [0, 0.1) is 5.92 Å². The molecule has 1 aromatic rings. The molecule has 0 saturated carbocycles. The minimum absolute atomic E-state index is 0.113. The molecule has 0 unspecified atom stereocenters. The van der Waals surface area contributed by atoms with Crippen molar-refractivity contribution >= 4 is 11.5 Å². The summed E-state index contributed by atoms with van der Waals surface area (Å²) in [5.74, 6) is 2.43. The molecule has 0 aliphatic rings. The van der Waals surface area contributed by atoms with E-state index in [2.05, 4.69) is 56.8 Å². The standard InChI is InChI=1S/C16H30N4O/c1-7-8-9-21-15-13(17)14(20-16(4,5)6)18-12(19-15)10-11(2)3/h11H,7-10,17H2,1-6H3,(H,18,19,20). The van der Waals surface area contributed by atoms with Gasteiger partial charge in [0.25, 0.3) is 0 Å². The lowest BCUT2D eigenvalue weighted by Crippen LogP contribution is -2.28. The third kappa shape index (κ3) is 6.19. The van der Waals surface area contributed by atoms with Gasteiger partial charge in [-0.2, -0.15) is 4.98 Å². The molecule has 21 heavy (non-hydrogen) atoms. The van der Waals surface area contributed by atoms with E-state index in [-0.39, 0.29) is 5.54 Å². The van der Waals surface area contributed by atoms with Crippen molar-refractivity contribution < 1.29 is 4.74 Å². The second-order valence-electron chi connectivity index (χ2n) is 6.88. The fourth-order valence-electron chi connectivity index (χ4n) is 1.82. The van der Waals surface area contributed by atoms with Gasteiger partial charge in [-0.3, -0.25) is 0 Å². The summed E-state index contributed by atoms with van der Waals surface area (Å²) in [5, 5.41) is 3.34. The Bertz CT molecular complexity index is 452. The fraction of sp³-hybridized carbons (Fsp3) is 0.750. The van der Waals surface area contributed by atoms with E-state index in [1.54, 1.807) is 0 Å². The first-order valence-corrected chi connectivity index (χ1v) is 7.80. The van der Waals surface area contributed by atoms with Crippen LogP contribution in [0.25, 0.3) is 0 Å². The number of ether oxygens (including phenoxy) is 1. The van der Waals surface area contributed by atoms with E-state index in [4.69, 9.17) is 10.5 Å². The number of nitrogens with one attached hydrogen (secondary N) is 1. The molecule has 0 aliphatic heterocycles. The minimum Gasteiger partial charge on any atom is -0.476 e. The van der Waals surface area contributed by atoms with Gasteiger partial charge < -0.3 is 15.8 Å². The molecule has 5 heteroatoms. The lowest BCUT2D eigenvalue weighted by atomic mass is 10.1. The number of nitrogens with zero attached hydrogens (tertiary/aromatic N) is 2. The van der Waals surface area contributed by atoms with Crippen LogP contribution in [0.2, 0.25) is 0 Å². The second kappa shape index (κ2) is 7.48. The van der Waals surface area contributed by atoms with Crippen LogP contribution in [0.5, 0.6) is 5.88 Å². The van der Waals surface area contributed by atoms with Gasteiger partial charge in [-0.05, 0) is 33.1 Å². The molecule has 1 aromatic heterocycles. The van der Waals surface area contributed by atoms with Crippen molar-refractivity contribution in [3.63, 3.8) is 0 Å². The van der Waals surface area contributed by atoms with E-state index >= 15 is 0 Å². The van der Waals surface area contributed by atoms with Crippen molar-refractivity contribution in [2.75, 3.05) is 17.7 Å². The predicted molar refractivity (Wildman–Crippen MR) is 88.8 cm³/mol. The second-order valence-corrected chi connectivity index (χ2v) is 6.88. The Morgan fingerprint density at radius 2 is 1.90 bits per heavy atom. The van der Waals surface area contributed by atoms with Gasteiger partial charge in [0.15, 0.2) is 5.82 Å². The van der Waals surface area contributed by atoms with E-state index in [9.17, 15) is 0 Å². The average molecular weight is 294 g/mol. The smallest absolute Gasteiger partial charge is 0.242 e. The van der Waals surface area contributed by atoms with Gasteiger partial charge in [0.2, 0.25) is 5.88 Å². The Hall–Kier alpha value is -1.52. The summed E-state index contributed by atoms with van der Waals surface area (Å²) in [7, 11) is 0. The van der Waals surface area contributed by atoms with E-state index < -0.39 is 0 Å². The number of nitrogen functional groups attached to an aromatic ring is 1. The molecule has 1 heterocycles. The largest absolute Gasteiger partial charge is 0.476 e. The van der Waals surface area contributed by atoms with Crippen molar-refractivity contribution in [2.24, 2.45) is 5.92 Å². The first-order valence-electron chi connectivity index (χ1n) is 7.80. The van der Waals surface area contributed by atoms with Gasteiger partial charge >= 0.3 is 0 Å². The molecule has 0 aliphatic carbocycles. The highest BCUT2D eigenvalue weighted by molar-refractivity contribution is 5.67. The summed E-state index contributed by atoms with van der Waals surface area (Å²) in [4.78, 5) is 9.04. The molecule has 1 rings (SSSR count). The lowest BCUT2D eigenvalue weighted by molar-refractivity contribution is 0.297. The van der Waals surface area contributed by atoms with E-state index in [1.807, 2.05) is 0 Å². The molecule has 0 amide bonds. The van der Waals surface area contributed by atoms with Crippen LogP contribution in [0.3, 0.4) is 0 Å². The van der Waals surface area contributed by atoms with Crippen LogP contribution in [-0.2, 0) is 6.42 Å². The van der Waals surface area contributed by atoms with Gasteiger partial charge in [-0.15, -0.1) is 0 Å². The molecule has 3 N–H and O–H groups in total. The molecule has 0 fully saturated rings. The third-order valence-electron chi connectivity index (χ3n) is 2.78. The van der Waals surface area contributed by atoms with Gasteiger partial charge in [-0.25, -0.2) is 4.98 Å². The van der Waals surface area contributed by atoms with E-state index in [0.29, 0.717) is 29.9 Å². The van der Waals surface area contributed by atoms with Crippen LogP contribution < -0.4 is 15.8 Å². The summed E-state index contributed by atoms with van der Waals surface area (Å²) in [6.07, 6.45) is 2.88. The van der Waals surface area contributed by atoms with Crippen LogP contribution >= 0.6 is 0 Å². The zero-order chi connectivity index (χ0) is 16.0. The van der Waals surface area contributed by atoms with Gasteiger partial charge in [0.1, 0.15) is 11.5 Å². The topological polar surface area (TPSA) is 73.1 Å². The Kier molecular flexibility index (Phi) is 6.24. The van der Waals surface area contributed by atoms with Gasteiger partial charge in [0.05, 0.1) is 6.61 Å². The average Bonchev–Trinajstić information content (AvgIpc) is 2.32. The Balaban J connectivity index is 3.06. The number of anilines is 2. The maximum Gasteiger partial charge on any atom is 0.242 e. The Morgan fingerprint density at radius 3 is 2.43 bits per heavy atom. The fourth-order valence-corrected chi connectivity index (χ4v) is 1.82. The summed E-state index contributed by atoms with van der Waals surface area (Å²) >= 11 is 0. The van der Waals surface area contributed by atoms with Gasteiger partial charge in [0, 0.05) is 12.0 Å². The quantitative estimate of drug-likeness (QED) is 0.751. The third-order valence-corrected chi connectivity index (χ3v) is 2.78. The molecule has 0 spiro atoms. The highest BCUT2D eigenvalue weighted by Gasteiger charge is 2.18. The molecular formula is C16H30N4O. The summed E-state index contributed by atoms with van der Waals surface area (Å²) in [5.41, 5.74) is 6.54. The van der Waals surface area contributed by atoms with E-state index in [1.165, 1.54) is 0 Å². The maximum atomic E-state index is 6.16. The van der Waals surface area contributed by atoms with Crippen molar-refractivity contribution in [1.82, 2.24) is 9.97 Å². The molecule has 120 valence electrons. The Labute approximate surface area is 128 Å². The number of nitrogens with two attached hydrogens (primary N) is 1. The monoisotopic (exact) mass is 294 g/mol. The molecule has 0 aromatic carbocycles. The number of hydrogen-bond donors (Lipinski definition) is 2.